The van der Waals surface area contributed by atoms with Gasteiger partial charge in [0.2, 0.25) is 0 Å². The van der Waals surface area contributed by atoms with Crippen LogP contribution in [0.25, 0.3) is 6.08 Å². The van der Waals surface area contributed by atoms with Gasteiger partial charge >= 0.3 is 0 Å². The molecule has 112 valence electrons. The van der Waals surface area contributed by atoms with Crippen molar-refractivity contribution >= 4 is 12.0 Å². The van der Waals surface area contributed by atoms with Crippen LogP contribution in [0.5, 0.6) is 5.75 Å². The van der Waals surface area contributed by atoms with Gasteiger partial charge in [0.05, 0.1) is 19.9 Å². The number of rotatable bonds is 5. The average molecular weight is 296 g/mol. The highest BCUT2D eigenvalue weighted by Gasteiger charge is 2.10. The van der Waals surface area contributed by atoms with Gasteiger partial charge in [-0.25, -0.2) is 0 Å². The van der Waals surface area contributed by atoms with E-state index in [2.05, 4.69) is 5.32 Å². The second kappa shape index (κ2) is 7.14. The quantitative estimate of drug-likeness (QED) is 0.680. The minimum atomic E-state index is -0.438. The molecular formula is C17H16N2O3. The van der Waals surface area contributed by atoms with Crippen molar-refractivity contribution in [2.45, 2.75) is 13.5 Å². The van der Waals surface area contributed by atoms with Crippen LogP contribution in [-0.4, -0.2) is 13.0 Å². The molecule has 1 N–H and O–H groups in total. The molecule has 1 aromatic carbocycles. The molecule has 0 bridgehead atoms. The summed E-state index contributed by atoms with van der Waals surface area (Å²) >= 11 is 0. The van der Waals surface area contributed by atoms with Crippen LogP contribution in [0.3, 0.4) is 0 Å². The molecule has 5 nitrogen and oxygen atoms in total. The first-order valence-electron chi connectivity index (χ1n) is 6.71. The number of hydrogen-bond acceptors (Lipinski definition) is 4. The van der Waals surface area contributed by atoms with E-state index in [1.165, 1.54) is 6.26 Å². The van der Waals surface area contributed by atoms with E-state index >= 15 is 0 Å². The van der Waals surface area contributed by atoms with Gasteiger partial charge in [0.15, 0.2) is 0 Å². The number of furan rings is 1. The second-order valence-corrected chi connectivity index (χ2v) is 4.66. The lowest BCUT2D eigenvalue weighted by Crippen LogP contribution is -2.23. The van der Waals surface area contributed by atoms with E-state index in [1.807, 2.05) is 19.1 Å². The molecule has 0 saturated carbocycles. The number of amides is 1. The van der Waals surface area contributed by atoms with Crippen molar-refractivity contribution in [2.24, 2.45) is 0 Å². The van der Waals surface area contributed by atoms with E-state index < -0.39 is 5.91 Å². The van der Waals surface area contributed by atoms with Crippen molar-refractivity contribution in [3.05, 3.63) is 59.1 Å². The number of aryl methyl sites for hydroxylation is 1. The van der Waals surface area contributed by atoms with Crippen LogP contribution in [0, 0.1) is 18.3 Å². The van der Waals surface area contributed by atoms with Crippen LogP contribution in [0.15, 0.2) is 46.6 Å². The van der Waals surface area contributed by atoms with Gasteiger partial charge in [-0.3, -0.25) is 4.79 Å². The standard InChI is InChI=1S/C17H16N2O3/c1-12-8-13(5-6-16(12)21-2)9-14(10-18)17(20)19-11-15-4-3-7-22-15/h3-9H,11H2,1-2H3,(H,19,20)/b14-9-. The number of methoxy groups -OCH3 is 1. The zero-order valence-electron chi connectivity index (χ0n) is 12.4. The Balaban J connectivity index is 2.11. The largest absolute Gasteiger partial charge is 0.496 e. The molecule has 0 aliphatic heterocycles. The van der Waals surface area contributed by atoms with E-state index in [1.54, 1.807) is 37.5 Å². The van der Waals surface area contributed by atoms with E-state index in [4.69, 9.17) is 14.4 Å². The van der Waals surface area contributed by atoms with Crippen molar-refractivity contribution in [3.63, 3.8) is 0 Å². The predicted molar refractivity (Wildman–Crippen MR) is 81.9 cm³/mol. The van der Waals surface area contributed by atoms with Crippen LogP contribution < -0.4 is 10.1 Å². The van der Waals surface area contributed by atoms with Gasteiger partial charge < -0.3 is 14.5 Å². The number of nitrogens with one attached hydrogen (secondary N) is 1. The maximum Gasteiger partial charge on any atom is 0.262 e. The summed E-state index contributed by atoms with van der Waals surface area (Å²) in [6, 6.07) is 10.9. The zero-order valence-corrected chi connectivity index (χ0v) is 12.4. The van der Waals surface area contributed by atoms with Gasteiger partial charge in [-0.15, -0.1) is 0 Å². The fraction of sp³-hybridized carbons (Fsp3) is 0.176. The van der Waals surface area contributed by atoms with Gasteiger partial charge in [0.25, 0.3) is 5.91 Å². The Hall–Kier alpha value is -3.00. The van der Waals surface area contributed by atoms with Crippen LogP contribution in [-0.2, 0) is 11.3 Å². The number of nitriles is 1. The molecule has 1 heterocycles. The van der Waals surface area contributed by atoms with Crippen molar-refractivity contribution in [1.82, 2.24) is 5.32 Å². The molecule has 0 aliphatic rings. The Morgan fingerprint density at radius 1 is 1.45 bits per heavy atom. The number of ether oxygens (including phenoxy) is 1. The minimum Gasteiger partial charge on any atom is -0.496 e. The molecule has 0 spiro atoms. The molecule has 22 heavy (non-hydrogen) atoms. The molecule has 1 amide bonds. The monoisotopic (exact) mass is 296 g/mol. The van der Waals surface area contributed by atoms with Gasteiger partial charge in [0.1, 0.15) is 23.2 Å². The molecule has 0 atom stereocenters. The number of hydrogen-bond donors (Lipinski definition) is 1. The third-order valence-corrected chi connectivity index (χ3v) is 3.10. The Kier molecular flexibility index (Phi) is 4.99. The lowest BCUT2D eigenvalue weighted by atomic mass is 10.1. The van der Waals surface area contributed by atoms with Crippen LogP contribution in [0.2, 0.25) is 0 Å². The topological polar surface area (TPSA) is 75.3 Å². The number of carbonyl (C=O) groups excluding carboxylic acids is 1. The van der Waals surface area contributed by atoms with Crippen LogP contribution in [0.1, 0.15) is 16.9 Å². The van der Waals surface area contributed by atoms with Gasteiger partial charge in [-0.2, -0.15) is 5.26 Å². The molecule has 0 fully saturated rings. The second-order valence-electron chi connectivity index (χ2n) is 4.66. The molecule has 1 aromatic heterocycles. The lowest BCUT2D eigenvalue weighted by molar-refractivity contribution is -0.117. The average Bonchev–Trinajstić information content (AvgIpc) is 3.04. The first-order chi connectivity index (χ1) is 10.6. The van der Waals surface area contributed by atoms with E-state index in [-0.39, 0.29) is 12.1 Å². The van der Waals surface area contributed by atoms with E-state index in [9.17, 15) is 4.79 Å². The Labute approximate surface area is 128 Å². The molecule has 0 saturated heterocycles. The molecule has 2 aromatic rings. The molecular weight excluding hydrogens is 280 g/mol. The number of nitrogens with zero attached hydrogens (tertiary/aromatic N) is 1. The summed E-state index contributed by atoms with van der Waals surface area (Å²) in [4.78, 5) is 12.0. The van der Waals surface area contributed by atoms with Crippen LogP contribution >= 0.6 is 0 Å². The maximum atomic E-state index is 12.0. The molecule has 0 radical (unpaired) electrons. The highest BCUT2D eigenvalue weighted by atomic mass is 16.5. The summed E-state index contributed by atoms with van der Waals surface area (Å²) in [5.74, 6) is 0.955. The Bertz CT molecular complexity index is 725. The van der Waals surface area contributed by atoms with Gasteiger partial charge in [0, 0.05) is 0 Å². The van der Waals surface area contributed by atoms with Crippen molar-refractivity contribution in [1.29, 1.82) is 5.26 Å². The van der Waals surface area contributed by atoms with Gasteiger partial charge in [-0.05, 0) is 48.4 Å². The van der Waals surface area contributed by atoms with Crippen molar-refractivity contribution < 1.29 is 13.9 Å². The summed E-state index contributed by atoms with van der Waals surface area (Å²) in [6.07, 6.45) is 3.08. The molecule has 0 unspecified atom stereocenters. The third-order valence-electron chi connectivity index (χ3n) is 3.10. The lowest BCUT2D eigenvalue weighted by Gasteiger charge is -2.06. The molecule has 0 aliphatic carbocycles. The summed E-state index contributed by atoms with van der Waals surface area (Å²) in [5.41, 5.74) is 1.74. The first kappa shape index (κ1) is 15.4. The Morgan fingerprint density at radius 2 is 2.27 bits per heavy atom. The highest BCUT2D eigenvalue weighted by molar-refractivity contribution is 6.01. The third kappa shape index (κ3) is 3.76. The number of carbonyl (C=O) groups is 1. The van der Waals surface area contributed by atoms with Crippen molar-refractivity contribution in [3.8, 4) is 11.8 Å². The van der Waals surface area contributed by atoms with Gasteiger partial charge in [-0.1, -0.05) is 6.07 Å². The van der Waals surface area contributed by atoms with Crippen molar-refractivity contribution in [2.75, 3.05) is 7.11 Å². The summed E-state index contributed by atoms with van der Waals surface area (Å²) < 4.78 is 10.3. The maximum absolute atomic E-state index is 12.0. The normalized spacial score (nSPS) is 10.9. The molecule has 5 heteroatoms. The summed E-state index contributed by atoms with van der Waals surface area (Å²) in [6.45, 7) is 2.14. The summed E-state index contributed by atoms with van der Waals surface area (Å²) in [7, 11) is 1.60. The fourth-order valence-electron chi connectivity index (χ4n) is 1.98. The predicted octanol–water partition coefficient (Wildman–Crippen LogP) is 2.82. The minimum absolute atomic E-state index is 0.0381. The first-order valence-corrected chi connectivity index (χ1v) is 6.71. The number of benzene rings is 1. The fourth-order valence-corrected chi connectivity index (χ4v) is 1.98. The smallest absolute Gasteiger partial charge is 0.262 e. The highest BCUT2D eigenvalue weighted by Crippen LogP contribution is 2.20. The zero-order chi connectivity index (χ0) is 15.9. The SMILES string of the molecule is COc1ccc(/C=C(/C#N)C(=O)NCc2ccco2)cc1C. The molecule has 2 rings (SSSR count). The Morgan fingerprint density at radius 3 is 2.86 bits per heavy atom. The van der Waals surface area contributed by atoms with E-state index in [0.29, 0.717) is 5.76 Å². The van der Waals surface area contributed by atoms with E-state index in [0.717, 1.165) is 16.9 Å². The van der Waals surface area contributed by atoms with Crippen LogP contribution in [0.4, 0.5) is 0 Å². The summed E-state index contributed by atoms with van der Waals surface area (Å²) in [5, 5.41) is 11.8.